The molecule has 0 aliphatic carbocycles. The average molecular weight is 431 g/mol. The molecule has 0 heterocycles. The quantitative estimate of drug-likeness (QED) is 0.673. The third-order valence-corrected chi connectivity index (χ3v) is 5.64. The lowest BCUT2D eigenvalue weighted by Gasteiger charge is -2.16. The first-order valence-electron chi connectivity index (χ1n) is 8.09. The number of carbonyl (C=O) groups is 1. The monoisotopic (exact) mass is 430 g/mol. The van der Waals surface area contributed by atoms with Crippen LogP contribution in [0.5, 0.6) is 5.75 Å². The first kappa shape index (κ1) is 21.5. The largest absolute Gasteiger partial charge is 0.479 e. The molecule has 2 aromatic carbocycles. The Hall–Kier alpha value is -1.80. The highest BCUT2D eigenvalue weighted by Gasteiger charge is 2.17. The number of amides is 1. The summed E-state index contributed by atoms with van der Waals surface area (Å²) in [5.41, 5.74) is 1.32. The van der Waals surface area contributed by atoms with Gasteiger partial charge in [-0.1, -0.05) is 47.5 Å². The van der Waals surface area contributed by atoms with Crippen molar-refractivity contribution in [2.45, 2.75) is 25.3 Å². The lowest BCUT2D eigenvalue weighted by atomic mass is 10.1. The standard InChI is InChI=1S/C18H20Cl2N2O4S/c1-12(26-17-8-7-15(19)9-16(17)20)18(23)22-10-13-5-3-4-6-14(13)11-27(24,25)21-2/h3-9,12,21H,10-11H2,1-2H3,(H,22,23)/t12-/m0/s1. The van der Waals surface area contributed by atoms with Crippen molar-refractivity contribution in [2.75, 3.05) is 7.05 Å². The van der Waals surface area contributed by atoms with Crippen LogP contribution in [0.15, 0.2) is 42.5 Å². The lowest BCUT2D eigenvalue weighted by Crippen LogP contribution is -2.36. The van der Waals surface area contributed by atoms with Crippen molar-refractivity contribution in [1.29, 1.82) is 0 Å². The molecular formula is C18H20Cl2N2O4S. The predicted molar refractivity (Wildman–Crippen MR) is 107 cm³/mol. The molecule has 0 aliphatic rings. The van der Waals surface area contributed by atoms with Crippen molar-refractivity contribution < 1.29 is 17.9 Å². The number of hydrogen-bond donors (Lipinski definition) is 2. The van der Waals surface area contributed by atoms with Crippen molar-refractivity contribution in [2.24, 2.45) is 0 Å². The minimum Gasteiger partial charge on any atom is -0.479 e. The number of sulfonamides is 1. The van der Waals surface area contributed by atoms with E-state index in [1.165, 1.54) is 13.1 Å². The summed E-state index contributed by atoms with van der Waals surface area (Å²) in [6.45, 7) is 1.77. The molecule has 2 N–H and O–H groups in total. The second-order valence-corrected chi connectivity index (χ2v) is 8.55. The highest BCUT2D eigenvalue weighted by Crippen LogP contribution is 2.28. The fourth-order valence-corrected chi connectivity index (χ4v) is 3.58. The molecule has 9 heteroatoms. The molecule has 0 unspecified atom stereocenters. The zero-order valence-corrected chi connectivity index (χ0v) is 17.2. The molecule has 1 amide bonds. The first-order chi connectivity index (χ1) is 12.7. The molecule has 0 fully saturated rings. The number of halogens is 2. The fraction of sp³-hybridized carbons (Fsp3) is 0.278. The molecule has 2 rings (SSSR count). The second-order valence-electron chi connectivity index (χ2n) is 5.78. The van der Waals surface area contributed by atoms with Crippen molar-refractivity contribution in [3.63, 3.8) is 0 Å². The maximum Gasteiger partial charge on any atom is 0.261 e. The van der Waals surface area contributed by atoms with Crippen molar-refractivity contribution in [1.82, 2.24) is 10.0 Å². The predicted octanol–water partition coefficient (Wildman–Crippen LogP) is 3.13. The van der Waals surface area contributed by atoms with Gasteiger partial charge in [0, 0.05) is 11.6 Å². The summed E-state index contributed by atoms with van der Waals surface area (Å²) in [4.78, 5) is 12.3. The van der Waals surface area contributed by atoms with Gasteiger partial charge in [-0.05, 0) is 43.3 Å². The zero-order chi connectivity index (χ0) is 20.0. The molecule has 2 aromatic rings. The maximum absolute atomic E-state index is 12.3. The number of carbonyl (C=O) groups excluding carboxylic acids is 1. The first-order valence-corrected chi connectivity index (χ1v) is 10.5. The van der Waals surface area contributed by atoms with Gasteiger partial charge in [0.25, 0.3) is 5.91 Å². The molecule has 6 nitrogen and oxygen atoms in total. The van der Waals surface area contributed by atoms with Gasteiger partial charge < -0.3 is 10.1 Å². The van der Waals surface area contributed by atoms with Crippen LogP contribution in [-0.4, -0.2) is 27.5 Å². The Morgan fingerprint density at radius 1 is 1.15 bits per heavy atom. The van der Waals surface area contributed by atoms with E-state index >= 15 is 0 Å². The van der Waals surface area contributed by atoms with Crippen LogP contribution >= 0.6 is 23.2 Å². The third-order valence-electron chi connectivity index (χ3n) is 3.79. The number of nitrogens with one attached hydrogen (secondary N) is 2. The molecule has 146 valence electrons. The van der Waals surface area contributed by atoms with Crippen LogP contribution in [0.3, 0.4) is 0 Å². The van der Waals surface area contributed by atoms with Gasteiger partial charge in [-0.15, -0.1) is 0 Å². The minimum atomic E-state index is -3.41. The van der Waals surface area contributed by atoms with E-state index < -0.39 is 16.1 Å². The molecule has 1 atom stereocenters. The summed E-state index contributed by atoms with van der Waals surface area (Å²) in [6, 6.07) is 11.7. The van der Waals surface area contributed by atoms with E-state index in [1.807, 2.05) is 0 Å². The molecule has 0 radical (unpaired) electrons. The second kappa shape index (κ2) is 9.41. The van der Waals surface area contributed by atoms with Crippen LogP contribution < -0.4 is 14.8 Å². The number of rotatable bonds is 8. The van der Waals surface area contributed by atoms with Crippen LogP contribution in [0.2, 0.25) is 10.0 Å². The SMILES string of the molecule is CNS(=O)(=O)Cc1ccccc1CNC(=O)[C@H](C)Oc1ccc(Cl)cc1Cl. The Bertz CT molecular complexity index is 919. The smallest absolute Gasteiger partial charge is 0.261 e. The Morgan fingerprint density at radius 3 is 2.44 bits per heavy atom. The van der Waals surface area contributed by atoms with Gasteiger partial charge in [-0.3, -0.25) is 4.79 Å². The molecule has 0 saturated carbocycles. The van der Waals surface area contributed by atoms with E-state index in [-0.39, 0.29) is 18.2 Å². The third kappa shape index (κ3) is 6.39. The normalized spacial score (nSPS) is 12.4. The van der Waals surface area contributed by atoms with E-state index in [0.717, 1.165) is 0 Å². The summed E-state index contributed by atoms with van der Waals surface area (Å²) in [7, 11) is -2.05. The Morgan fingerprint density at radius 2 is 1.81 bits per heavy atom. The number of ether oxygens (including phenoxy) is 1. The highest BCUT2D eigenvalue weighted by atomic mass is 35.5. The van der Waals surface area contributed by atoms with Gasteiger partial charge in [0.05, 0.1) is 10.8 Å². The van der Waals surface area contributed by atoms with Crippen LogP contribution in [0.4, 0.5) is 0 Å². The zero-order valence-electron chi connectivity index (χ0n) is 14.8. The molecular weight excluding hydrogens is 411 g/mol. The highest BCUT2D eigenvalue weighted by molar-refractivity contribution is 7.88. The summed E-state index contributed by atoms with van der Waals surface area (Å²) < 4.78 is 31.4. The van der Waals surface area contributed by atoms with Gasteiger partial charge in [-0.2, -0.15) is 0 Å². The van der Waals surface area contributed by atoms with Crippen molar-refractivity contribution in [3.05, 3.63) is 63.6 Å². The van der Waals surface area contributed by atoms with Gasteiger partial charge in [0.2, 0.25) is 10.0 Å². The van der Waals surface area contributed by atoms with E-state index in [2.05, 4.69) is 10.0 Å². The lowest BCUT2D eigenvalue weighted by molar-refractivity contribution is -0.127. The van der Waals surface area contributed by atoms with Crippen molar-refractivity contribution >= 4 is 39.1 Å². The summed E-state index contributed by atoms with van der Waals surface area (Å²) >= 11 is 11.9. The number of benzene rings is 2. The molecule has 27 heavy (non-hydrogen) atoms. The van der Waals surface area contributed by atoms with Gasteiger partial charge >= 0.3 is 0 Å². The van der Waals surface area contributed by atoms with Crippen LogP contribution in [0.25, 0.3) is 0 Å². The maximum atomic E-state index is 12.3. The van der Waals surface area contributed by atoms with Gasteiger partial charge in [0.1, 0.15) is 5.75 Å². The van der Waals surface area contributed by atoms with E-state index in [0.29, 0.717) is 26.9 Å². The number of hydrogen-bond acceptors (Lipinski definition) is 4. The minimum absolute atomic E-state index is 0.165. The van der Waals surface area contributed by atoms with Crippen molar-refractivity contribution in [3.8, 4) is 5.75 Å². The molecule has 0 spiro atoms. The summed E-state index contributed by atoms with van der Waals surface area (Å²) in [5, 5.41) is 3.53. The molecule has 0 bridgehead atoms. The Labute approximate surface area is 168 Å². The molecule has 0 aromatic heterocycles. The molecule has 0 aliphatic heterocycles. The van der Waals surface area contributed by atoms with Crippen LogP contribution in [-0.2, 0) is 27.1 Å². The Balaban J connectivity index is 2.01. The summed E-state index contributed by atoms with van der Waals surface area (Å²) in [5.74, 6) is -0.168. The average Bonchev–Trinajstić information content (AvgIpc) is 2.62. The van der Waals surface area contributed by atoms with Crippen LogP contribution in [0.1, 0.15) is 18.1 Å². The van der Waals surface area contributed by atoms with E-state index in [4.69, 9.17) is 27.9 Å². The summed E-state index contributed by atoms with van der Waals surface area (Å²) in [6.07, 6.45) is -0.795. The fourth-order valence-electron chi connectivity index (χ4n) is 2.29. The molecule has 0 saturated heterocycles. The van der Waals surface area contributed by atoms with Crippen LogP contribution in [0, 0.1) is 0 Å². The van der Waals surface area contributed by atoms with Gasteiger partial charge in [-0.25, -0.2) is 13.1 Å². The van der Waals surface area contributed by atoms with E-state index in [1.54, 1.807) is 43.3 Å². The Kier molecular flexibility index (Phi) is 7.49. The van der Waals surface area contributed by atoms with E-state index in [9.17, 15) is 13.2 Å². The van der Waals surface area contributed by atoms with Gasteiger partial charge in [0.15, 0.2) is 6.10 Å². The topological polar surface area (TPSA) is 84.5 Å².